The SMILES string of the molecule is COC(=O)c1c(C)[nH]c(C(=O)CSc2nnc(-c3ccc(F)cc3)n2-c2ccccc2)c1C. The fourth-order valence-corrected chi connectivity index (χ4v) is 4.42. The molecule has 0 amide bonds. The van der Waals surface area contributed by atoms with Crippen molar-refractivity contribution < 1.29 is 18.7 Å². The monoisotopic (exact) mass is 464 g/mol. The minimum Gasteiger partial charge on any atom is -0.465 e. The molecule has 1 N–H and O–H groups in total. The number of Topliss-reactive ketones (excluding diaryl/α,β-unsaturated/α-hetero) is 1. The number of nitrogens with zero attached hydrogens (tertiary/aromatic N) is 3. The number of H-pyrrole nitrogens is 1. The van der Waals surface area contributed by atoms with Crippen molar-refractivity contribution in [1.29, 1.82) is 0 Å². The van der Waals surface area contributed by atoms with Gasteiger partial charge >= 0.3 is 5.97 Å². The molecule has 0 unspecified atom stereocenters. The highest BCUT2D eigenvalue weighted by atomic mass is 32.2. The molecule has 0 aliphatic rings. The molecular weight excluding hydrogens is 443 g/mol. The number of aryl methyl sites for hydroxylation is 1. The smallest absolute Gasteiger partial charge is 0.339 e. The molecule has 0 aliphatic carbocycles. The summed E-state index contributed by atoms with van der Waals surface area (Å²) in [6.07, 6.45) is 0. The summed E-state index contributed by atoms with van der Waals surface area (Å²) in [6, 6.07) is 15.5. The Bertz CT molecular complexity index is 1310. The highest BCUT2D eigenvalue weighted by Crippen LogP contribution is 2.29. The molecular formula is C24H21FN4O3S. The minimum absolute atomic E-state index is 0.0792. The standard InChI is InChI=1S/C24H21FN4O3S/c1-14-20(23(31)32-3)15(2)26-21(14)19(30)13-33-24-28-27-22(16-9-11-17(25)12-10-16)29(24)18-7-5-4-6-8-18/h4-12,26H,13H2,1-3H3. The Labute approximate surface area is 194 Å². The number of benzene rings is 2. The third-order valence-corrected chi connectivity index (χ3v) is 6.12. The molecule has 2 aromatic carbocycles. The summed E-state index contributed by atoms with van der Waals surface area (Å²) >= 11 is 1.23. The van der Waals surface area contributed by atoms with Gasteiger partial charge in [-0.2, -0.15) is 0 Å². The molecule has 0 saturated carbocycles. The molecule has 0 fully saturated rings. The maximum atomic E-state index is 13.4. The Balaban J connectivity index is 1.65. The molecule has 7 nitrogen and oxygen atoms in total. The Hall–Kier alpha value is -3.72. The van der Waals surface area contributed by atoms with E-state index in [-0.39, 0.29) is 17.4 Å². The Morgan fingerprint density at radius 1 is 1.06 bits per heavy atom. The third-order valence-electron chi connectivity index (χ3n) is 5.19. The van der Waals surface area contributed by atoms with Gasteiger partial charge in [0, 0.05) is 16.9 Å². The zero-order valence-electron chi connectivity index (χ0n) is 18.3. The first-order chi connectivity index (χ1) is 15.9. The summed E-state index contributed by atoms with van der Waals surface area (Å²) in [7, 11) is 1.31. The van der Waals surface area contributed by atoms with Crippen molar-refractivity contribution in [3.63, 3.8) is 0 Å². The van der Waals surface area contributed by atoms with Gasteiger partial charge in [-0.3, -0.25) is 9.36 Å². The van der Waals surface area contributed by atoms with Gasteiger partial charge in [0.1, 0.15) is 5.82 Å². The Morgan fingerprint density at radius 3 is 2.42 bits per heavy atom. The topological polar surface area (TPSA) is 89.9 Å². The van der Waals surface area contributed by atoms with Gasteiger partial charge in [0.2, 0.25) is 0 Å². The minimum atomic E-state index is -0.485. The molecule has 0 atom stereocenters. The number of nitrogens with one attached hydrogen (secondary N) is 1. The van der Waals surface area contributed by atoms with E-state index in [1.807, 2.05) is 34.9 Å². The van der Waals surface area contributed by atoms with Crippen LogP contribution in [0.1, 0.15) is 32.1 Å². The van der Waals surface area contributed by atoms with Crippen molar-refractivity contribution in [1.82, 2.24) is 19.7 Å². The van der Waals surface area contributed by atoms with Crippen LogP contribution >= 0.6 is 11.8 Å². The maximum absolute atomic E-state index is 13.4. The number of methoxy groups -OCH3 is 1. The largest absolute Gasteiger partial charge is 0.465 e. The number of thioether (sulfide) groups is 1. The number of esters is 1. The lowest BCUT2D eigenvalue weighted by Crippen LogP contribution is -2.08. The predicted octanol–water partition coefficient (Wildman–Crippen LogP) is 4.78. The molecule has 4 aromatic rings. The quantitative estimate of drug-likeness (QED) is 0.241. The van der Waals surface area contributed by atoms with E-state index in [4.69, 9.17) is 4.74 Å². The molecule has 0 radical (unpaired) electrons. The number of para-hydroxylation sites is 1. The second kappa shape index (κ2) is 9.41. The molecule has 0 saturated heterocycles. The van der Waals surface area contributed by atoms with E-state index >= 15 is 0 Å². The van der Waals surface area contributed by atoms with E-state index in [1.54, 1.807) is 26.0 Å². The van der Waals surface area contributed by atoms with Crippen LogP contribution in [-0.2, 0) is 4.74 Å². The van der Waals surface area contributed by atoms with Crippen molar-refractivity contribution in [3.05, 3.63) is 82.9 Å². The van der Waals surface area contributed by atoms with Gasteiger partial charge < -0.3 is 9.72 Å². The number of hydrogen-bond donors (Lipinski definition) is 1. The zero-order chi connectivity index (χ0) is 23.5. The molecule has 2 heterocycles. The number of hydrogen-bond acceptors (Lipinski definition) is 6. The molecule has 0 aliphatic heterocycles. The fraction of sp³-hybridized carbons (Fsp3) is 0.167. The fourth-order valence-electron chi connectivity index (χ4n) is 3.60. The summed E-state index contributed by atoms with van der Waals surface area (Å²) in [5, 5.41) is 9.11. The number of ether oxygens (including phenoxy) is 1. The summed E-state index contributed by atoms with van der Waals surface area (Å²) in [4.78, 5) is 28.0. The second-order valence-corrected chi connectivity index (χ2v) is 8.25. The molecule has 0 spiro atoms. The highest BCUT2D eigenvalue weighted by molar-refractivity contribution is 7.99. The number of aromatic nitrogens is 4. The van der Waals surface area contributed by atoms with Crippen molar-refractivity contribution in [2.24, 2.45) is 0 Å². The number of aromatic amines is 1. The molecule has 9 heteroatoms. The Morgan fingerprint density at radius 2 is 1.76 bits per heavy atom. The first kappa shape index (κ1) is 22.5. The first-order valence-corrected chi connectivity index (χ1v) is 11.1. The highest BCUT2D eigenvalue weighted by Gasteiger charge is 2.24. The van der Waals surface area contributed by atoms with Gasteiger partial charge in [-0.05, 0) is 55.8 Å². The Kier molecular flexibility index (Phi) is 6.41. The first-order valence-electron chi connectivity index (χ1n) is 10.1. The number of carbonyl (C=O) groups is 2. The zero-order valence-corrected chi connectivity index (χ0v) is 19.1. The van der Waals surface area contributed by atoms with E-state index in [0.717, 1.165) is 5.69 Å². The number of carbonyl (C=O) groups excluding carboxylic acids is 2. The van der Waals surface area contributed by atoms with Gasteiger partial charge in [-0.15, -0.1) is 10.2 Å². The molecule has 0 bridgehead atoms. The molecule has 4 rings (SSSR count). The molecule has 33 heavy (non-hydrogen) atoms. The number of rotatable bonds is 7. The van der Waals surface area contributed by atoms with Crippen LogP contribution in [0.15, 0.2) is 59.8 Å². The average molecular weight is 465 g/mol. The van der Waals surface area contributed by atoms with Crippen LogP contribution in [0.4, 0.5) is 4.39 Å². The summed E-state index contributed by atoms with van der Waals surface area (Å²) in [5.74, 6) is -0.387. The van der Waals surface area contributed by atoms with Gasteiger partial charge in [-0.25, -0.2) is 9.18 Å². The number of halogens is 1. The lowest BCUT2D eigenvalue weighted by Gasteiger charge is -2.10. The van der Waals surface area contributed by atoms with E-state index in [9.17, 15) is 14.0 Å². The molecule has 168 valence electrons. The normalized spacial score (nSPS) is 10.9. The summed E-state index contributed by atoms with van der Waals surface area (Å²) < 4.78 is 20.1. The van der Waals surface area contributed by atoms with Crippen molar-refractivity contribution in [2.75, 3.05) is 12.9 Å². The number of ketones is 1. The van der Waals surface area contributed by atoms with E-state index in [0.29, 0.717) is 39.1 Å². The van der Waals surface area contributed by atoms with Crippen LogP contribution < -0.4 is 0 Å². The third kappa shape index (κ3) is 4.45. The van der Waals surface area contributed by atoms with Crippen molar-refractivity contribution >= 4 is 23.5 Å². The predicted molar refractivity (Wildman–Crippen MR) is 123 cm³/mol. The van der Waals surface area contributed by atoms with E-state index in [2.05, 4.69) is 15.2 Å². The van der Waals surface area contributed by atoms with E-state index < -0.39 is 5.97 Å². The van der Waals surface area contributed by atoms with E-state index in [1.165, 1.54) is 31.0 Å². The maximum Gasteiger partial charge on any atom is 0.339 e. The van der Waals surface area contributed by atoms with Gasteiger partial charge in [0.05, 0.1) is 24.1 Å². The van der Waals surface area contributed by atoms with Crippen molar-refractivity contribution in [3.8, 4) is 17.1 Å². The lowest BCUT2D eigenvalue weighted by molar-refractivity contribution is 0.0599. The van der Waals surface area contributed by atoms with Crippen LogP contribution in [0, 0.1) is 19.7 Å². The summed E-state index contributed by atoms with van der Waals surface area (Å²) in [6.45, 7) is 3.44. The average Bonchev–Trinajstić information content (AvgIpc) is 3.38. The van der Waals surface area contributed by atoms with Crippen LogP contribution in [0.5, 0.6) is 0 Å². The van der Waals surface area contributed by atoms with Gasteiger partial charge in [-0.1, -0.05) is 30.0 Å². The van der Waals surface area contributed by atoms with Gasteiger partial charge in [0.15, 0.2) is 16.8 Å². The molecule has 2 aromatic heterocycles. The van der Waals surface area contributed by atoms with Crippen LogP contribution in [-0.4, -0.2) is 44.4 Å². The van der Waals surface area contributed by atoms with Gasteiger partial charge in [0.25, 0.3) is 0 Å². The van der Waals surface area contributed by atoms with Crippen molar-refractivity contribution in [2.45, 2.75) is 19.0 Å². The lowest BCUT2D eigenvalue weighted by atomic mass is 10.1. The van der Waals surface area contributed by atoms with Crippen LogP contribution in [0.25, 0.3) is 17.1 Å². The van der Waals surface area contributed by atoms with Crippen LogP contribution in [0.2, 0.25) is 0 Å². The summed E-state index contributed by atoms with van der Waals surface area (Å²) in [5.41, 5.74) is 3.39. The second-order valence-electron chi connectivity index (χ2n) is 7.31. The van der Waals surface area contributed by atoms with Crippen LogP contribution in [0.3, 0.4) is 0 Å².